The van der Waals surface area contributed by atoms with Crippen molar-refractivity contribution in [2.75, 3.05) is 13.1 Å². The summed E-state index contributed by atoms with van der Waals surface area (Å²) in [4.78, 5) is 40.8. The number of carbonyl (C=O) groups excluding carboxylic acids is 3. The lowest BCUT2D eigenvalue weighted by Gasteiger charge is -2.31. The van der Waals surface area contributed by atoms with Crippen molar-refractivity contribution in [3.63, 3.8) is 0 Å². The molecule has 0 unspecified atom stereocenters. The minimum absolute atomic E-state index is 0.106. The molecule has 36 heavy (non-hydrogen) atoms. The monoisotopic (exact) mass is 485 g/mol. The van der Waals surface area contributed by atoms with Crippen LogP contribution in [0.1, 0.15) is 33.5 Å². The van der Waals surface area contributed by atoms with Crippen molar-refractivity contribution >= 4 is 17.7 Å². The third-order valence-corrected chi connectivity index (χ3v) is 5.64. The van der Waals surface area contributed by atoms with Crippen LogP contribution in [0, 0.1) is 0 Å². The quantitative estimate of drug-likeness (QED) is 0.337. The molecule has 0 saturated heterocycles. The van der Waals surface area contributed by atoms with Crippen molar-refractivity contribution in [1.82, 2.24) is 15.5 Å². The molecule has 2 aromatic carbocycles. The van der Waals surface area contributed by atoms with Gasteiger partial charge in [-0.05, 0) is 41.8 Å². The lowest BCUT2D eigenvalue weighted by atomic mass is 10.0. The highest BCUT2D eigenvalue weighted by Gasteiger charge is 2.31. The van der Waals surface area contributed by atoms with Gasteiger partial charge < -0.3 is 24.4 Å². The Morgan fingerprint density at radius 1 is 0.778 bits per heavy atom. The van der Waals surface area contributed by atoms with Gasteiger partial charge in [0.15, 0.2) is 5.76 Å². The molecule has 0 aliphatic heterocycles. The van der Waals surface area contributed by atoms with Gasteiger partial charge in [-0.25, -0.2) is 0 Å². The number of amides is 3. The van der Waals surface area contributed by atoms with Crippen LogP contribution in [0.3, 0.4) is 0 Å². The second-order valence-electron chi connectivity index (χ2n) is 8.09. The summed E-state index contributed by atoms with van der Waals surface area (Å²) in [6.07, 6.45) is 3.46. The number of benzene rings is 2. The van der Waals surface area contributed by atoms with Crippen molar-refractivity contribution in [1.29, 1.82) is 0 Å². The molecule has 0 saturated carbocycles. The Hall–Kier alpha value is -4.59. The molecule has 2 aromatic heterocycles. The summed E-state index contributed by atoms with van der Waals surface area (Å²) in [6, 6.07) is 24.5. The van der Waals surface area contributed by atoms with Crippen LogP contribution in [-0.4, -0.2) is 35.7 Å². The van der Waals surface area contributed by atoms with Crippen molar-refractivity contribution in [3.8, 4) is 0 Å². The molecule has 0 bridgehead atoms. The second-order valence-corrected chi connectivity index (χ2v) is 8.09. The first kappa shape index (κ1) is 24.5. The molecule has 0 radical (unpaired) electrons. The van der Waals surface area contributed by atoms with Crippen molar-refractivity contribution in [3.05, 3.63) is 120 Å². The standard InChI is InChI=1S/C28H27N3O5/c32-25(20-30-27(33)24-14-8-18-36-24)31(16-15-21-9-3-1-4-10-21)26(22-11-5-2-6-12-22)28(34)29-19-23-13-7-17-35-23/h1-14,17-18,26H,15-16,19-20H2,(H,29,34)(H,30,33)/t26-/m0/s1. The van der Waals surface area contributed by atoms with Crippen LogP contribution >= 0.6 is 0 Å². The van der Waals surface area contributed by atoms with E-state index in [1.165, 1.54) is 23.5 Å². The summed E-state index contributed by atoms with van der Waals surface area (Å²) >= 11 is 0. The predicted molar refractivity (Wildman–Crippen MR) is 133 cm³/mol. The summed E-state index contributed by atoms with van der Waals surface area (Å²) in [6.45, 7) is 0.168. The van der Waals surface area contributed by atoms with Gasteiger partial charge >= 0.3 is 0 Å². The molecular formula is C28H27N3O5. The molecule has 2 N–H and O–H groups in total. The zero-order chi connectivity index (χ0) is 25.2. The van der Waals surface area contributed by atoms with E-state index < -0.39 is 17.9 Å². The first-order valence-corrected chi connectivity index (χ1v) is 11.6. The van der Waals surface area contributed by atoms with E-state index in [4.69, 9.17) is 8.83 Å². The highest BCUT2D eigenvalue weighted by Crippen LogP contribution is 2.22. The van der Waals surface area contributed by atoms with Crippen LogP contribution in [0.4, 0.5) is 0 Å². The third-order valence-electron chi connectivity index (χ3n) is 5.64. The first-order chi connectivity index (χ1) is 17.6. The van der Waals surface area contributed by atoms with Crippen LogP contribution in [-0.2, 0) is 22.6 Å². The lowest BCUT2D eigenvalue weighted by molar-refractivity contribution is -0.140. The fraction of sp³-hybridized carbons (Fsp3) is 0.179. The fourth-order valence-electron chi connectivity index (χ4n) is 3.84. The average Bonchev–Trinajstić information content (AvgIpc) is 3.64. The molecule has 0 aliphatic carbocycles. The summed E-state index contributed by atoms with van der Waals surface area (Å²) < 4.78 is 10.4. The van der Waals surface area contributed by atoms with Gasteiger partial charge in [0.25, 0.3) is 5.91 Å². The van der Waals surface area contributed by atoms with Gasteiger partial charge in [-0.3, -0.25) is 14.4 Å². The number of furan rings is 2. The van der Waals surface area contributed by atoms with E-state index in [0.717, 1.165) is 5.56 Å². The highest BCUT2D eigenvalue weighted by atomic mass is 16.3. The number of carbonyl (C=O) groups is 3. The van der Waals surface area contributed by atoms with E-state index in [1.54, 1.807) is 30.3 Å². The first-order valence-electron chi connectivity index (χ1n) is 11.6. The maximum absolute atomic E-state index is 13.5. The van der Waals surface area contributed by atoms with E-state index in [0.29, 0.717) is 17.7 Å². The van der Waals surface area contributed by atoms with Crippen LogP contribution in [0.15, 0.2) is 106 Å². The Balaban J connectivity index is 1.57. The van der Waals surface area contributed by atoms with Crippen LogP contribution in [0.25, 0.3) is 0 Å². The van der Waals surface area contributed by atoms with E-state index in [-0.39, 0.29) is 31.3 Å². The maximum atomic E-state index is 13.5. The Morgan fingerprint density at radius 2 is 1.47 bits per heavy atom. The molecule has 0 aliphatic rings. The Kier molecular flexibility index (Phi) is 8.32. The van der Waals surface area contributed by atoms with Crippen LogP contribution in [0.5, 0.6) is 0 Å². The van der Waals surface area contributed by atoms with Crippen molar-refractivity contribution in [2.45, 2.75) is 19.0 Å². The SMILES string of the molecule is O=C(NCC(=O)N(CCc1ccccc1)[C@H](C(=O)NCc1ccco1)c1ccccc1)c1ccco1. The zero-order valence-electron chi connectivity index (χ0n) is 19.6. The smallest absolute Gasteiger partial charge is 0.287 e. The molecule has 8 nitrogen and oxygen atoms in total. The fourth-order valence-corrected chi connectivity index (χ4v) is 3.84. The summed E-state index contributed by atoms with van der Waals surface area (Å²) in [5.74, 6) is -0.545. The second kappa shape index (κ2) is 12.2. The molecule has 3 amide bonds. The molecule has 1 atom stereocenters. The molecule has 2 heterocycles. The van der Waals surface area contributed by atoms with Gasteiger partial charge in [-0.1, -0.05) is 60.7 Å². The predicted octanol–water partition coefficient (Wildman–Crippen LogP) is 3.73. The molecule has 8 heteroatoms. The van der Waals surface area contributed by atoms with Crippen molar-refractivity contribution in [2.24, 2.45) is 0 Å². The van der Waals surface area contributed by atoms with E-state index >= 15 is 0 Å². The molecular weight excluding hydrogens is 458 g/mol. The van der Waals surface area contributed by atoms with Gasteiger partial charge in [0.2, 0.25) is 11.8 Å². The van der Waals surface area contributed by atoms with E-state index in [2.05, 4.69) is 10.6 Å². The van der Waals surface area contributed by atoms with Crippen LogP contribution in [0.2, 0.25) is 0 Å². The van der Waals surface area contributed by atoms with Crippen LogP contribution < -0.4 is 10.6 Å². The molecule has 4 aromatic rings. The number of hydrogen-bond donors (Lipinski definition) is 2. The highest BCUT2D eigenvalue weighted by molar-refractivity contribution is 5.95. The topological polar surface area (TPSA) is 105 Å². The number of nitrogens with zero attached hydrogens (tertiary/aromatic N) is 1. The summed E-state index contributed by atoms with van der Waals surface area (Å²) in [5.41, 5.74) is 1.69. The van der Waals surface area contributed by atoms with Gasteiger partial charge in [0, 0.05) is 6.54 Å². The Bertz CT molecular complexity index is 1240. The molecule has 184 valence electrons. The number of nitrogens with one attached hydrogen (secondary N) is 2. The van der Waals surface area contributed by atoms with Gasteiger partial charge in [-0.2, -0.15) is 0 Å². The third kappa shape index (κ3) is 6.50. The number of hydrogen-bond acceptors (Lipinski definition) is 5. The minimum Gasteiger partial charge on any atom is -0.467 e. The van der Waals surface area contributed by atoms with E-state index in [1.807, 2.05) is 48.5 Å². The van der Waals surface area contributed by atoms with E-state index in [9.17, 15) is 14.4 Å². The average molecular weight is 486 g/mol. The normalized spacial score (nSPS) is 11.4. The van der Waals surface area contributed by atoms with Crippen molar-refractivity contribution < 1.29 is 23.2 Å². The molecule has 0 spiro atoms. The van der Waals surface area contributed by atoms with Gasteiger partial charge in [0.05, 0.1) is 25.6 Å². The Morgan fingerprint density at radius 3 is 2.14 bits per heavy atom. The summed E-state index contributed by atoms with van der Waals surface area (Å²) in [5, 5.41) is 5.47. The zero-order valence-corrected chi connectivity index (χ0v) is 19.6. The largest absolute Gasteiger partial charge is 0.467 e. The Labute approximate surface area is 208 Å². The molecule has 0 fully saturated rings. The minimum atomic E-state index is -0.905. The molecule has 4 rings (SSSR count). The lowest BCUT2D eigenvalue weighted by Crippen LogP contribution is -2.48. The van der Waals surface area contributed by atoms with Gasteiger partial charge in [-0.15, -0.1) is 0 Å². The summed E-state index contributed by atoms with van der Waals surface area (Å²) in [7, 11) is 0. The number of rotatable bonds is 11. The maximum Gasteiger partial charge on any atom is 0.287 e. The van der Waals surface area contributed by atoms with Gasteiger partial charge in [0.1, 0.15) is 11.8 Å².